The van der Waals surface area contributed by atoms with Gasteiger partial charge in [-0.3, -0.25) is 19.8 Å². The topological polar surface area (TPSA) is 103 Å². The van der Waals surface area contributed by atoms with E-state index in [-0.39, 0.29) is 23.6 Å². The van der Waals surface area contributed by atoms with Gasteiger partial charge in [-0.15, -0.1) is 0 Å². The summed E-state index contributed by atoms with van der Waals surface area (Å²) in [5.74, 6) is -0.323. The van der Waals surface area contributed by atoms with E-state index < -0.39 is 12.2 Å². The molecule has 9 nitrogen and oxygen atoms in total. The fourth-order valence-electron chi connectivity index (χ4n) is 3.03. The average Bonchev–Trinajstić information content (AvgIpc) is 2.83. The minimum atomic E-state index is -0.607. The number of likely N-dealkylation sites (tertiary alicyclic amines) is 1. The number of imide groups is 1. The van der Waals surface area contributed by atoms with Gasteiger partial charge in [0.25, 0.3) is 5.91 Å². The lowest BCUT2D eigenvalue weighted by Crippen LogP contribution is -2.53. The molecular weight excluding hydrogens is 314 g/mol. The summed E-state index contributed by atoms with van der Waals surface area (Å²) in [5, 5.41) is 4.81. The van der Waals surface area contributed by atoms with Crippen molar-refractivity contribution < 1.29 is 19.2 Å². The summed E-state index contributed by atoms with van der Waals surface area (Å²) in [6, 6.07) is -0.715. The monoisotopic (exact) mass is 341 g/mol. The maximum Gasteiger partial charge on any atom is 0.341 e. The van der Waals surface area contributed by atoms with Crippen LogP contribution in [-0.2, 0) is 9.63 Å². The first-order valence-electron chi connectivity index (χ1n) is 8.31. The van der Waals surface area contributed by atoms with Crippen molar-refractivity contribution in [2.75, 3.05) is 19.6 Å². The van der Waals surface area contributed by atoms with E-state index >= 15 is 0 Å². The molecule has 1 unspecified atom stereocenters. The first-order valence-corrected chi connectivity index (χ1v) is 8.31. The highest BCUT2D eigenvalue weighted by molar-refractivity contribution is 6.03. The van der Waals surface area contributed by atoms with Gasteiger partial charge in [0, 0.05) is 25.2 Å². The zero-order valence-electron chi connectivity index (χ0n) is 14.7. The number of hydrogen-bond acceptors (Lipinski definition) is 5. The number of hydrogen-bond donors (Lipinski definition) is 3. The third-order valence-electron chi connectivity index (χ3n) is 4.28. The smallest absolute Gasteiger partial charge is 0.318 e. The molecule has 2 aliphatic heterocycles. The predicted octanol–water partition coefficient (Wildman–Crippen LogP) is 0.378. The van der Waals surface area contributed by atoms with Gasteiger partial charge in [0.2, 0.25) is 0 Å². The van der Waals surface area contributed by atoms with Crippen LogP contribution in [0.4, 0.5) is 9.59 Å². The lowest BCUT2D eigenvalue weighted by molar-refractivity contribution is -0.125. The van der Waals surface area contributed by atoms with Crippen LogP contribution in [0.25, 0.3) is 0 Å². The van der Waals surface area contributed by atoms with E-state index in [0.29, 0.717) is 32.5 Å². The fourth-order valence-corrected chi connectivity index (χ4v) is 3.03. The number of carbonyl (C=O) groups is 3. The van der Waals surface area contributed by atoms with Gasteiger partial charge in [0.05, 0.1) is 6.10 Å². The van der Waals surface area contributed by atoms with Crippen LogP contribution in [0, 0.1) is 0 Å². The van der Waals surface area contributed by atoms with Crippen molar-refractivity contribution in [3.8, 4) is 0 Å². The highest BCUT2D eigenvalue weighted by Gasteiger charge is 2.36. The molecule has 9 heteroatoms. The number of nitrogens with zero attached hydrogens (tertiary/aromatic N) is 2. The number of rotatable bonds is 4. The molecule has 0 radical (unpaired) electrons. The van der Waals surface area contributed by atoms with Crippen molar-refractivity contribution in [3.05, 3.63) is 0 Å². The Morgan fingerprint density at radius 3 is 2.42 bits per heavy atom. The summed E-state index contributed by atoms with van der Waals surface area (Å²) < 4.78 is 0. The van der Waals surface area contributed by atoms with E-state index in [1.54, 1.807) is 4.90 Å². The predicted molar refractivity (Wildman–Crippen MR) is 86.8 cm³/mol. The lowest BCUT2D eigenvalue weighted by atomic mass is 10.1. The molecule has 2 rings (SSSR count). The Balaban J connectivity index is 1.76. The van der Waals surface area contributed by atoms with E-state index in [1.807, 2.05) is 32.6 Å². The second kappa shape index (κ2) is 7.35. The third kappa shape index (κ3) is 4.35. The van der Waals surface area contributed by atoms with E-state index in [4.69, 9.17) is 4.84 Å². The Labute approximate surface area is 142 Å². The SMILES string of the molecule is CCN(C(=O)NOC1CCN(C2NC(=O)NC2=O)CC1)C(C)(C)C. The average molecular weight is 341 g/mol. The van der Waals surface area contributed by atoms with E-state index in [9.17, 15) is 14.4 Å². The normalized spacial score (nSPS) is 22.9. The highest BCUT2D eigenvalue weighted by Crippen LogP contribution is 2.17. The van der Waals surface area contributed by atoms with Gasteiger partial charge in [-0.25, -0.2) is 15.1 Å². The van der Waals surface area contributed by atoms with Gasteiger partial charge in [0.1, 0.15) is 0 Å². The maximum absolute atomic E-state index is 12.2. The summed E-state index contributed by atoms with van der Waals surface area (Å²) in [7, 11) is 0. The summed E-state index contributed by atoms with van der Waals surface area (Å²) in [5.41, 5.74) is 2.25. The van der Waals surface area contributed by atoms with Crippen molar-refractivity contribution in [2.24, 2.45) is 0 Å². The molecule has 3 N–H and O–H groups in total. The van der Waals surface area contributed by atoms with Crippen molar-refractivity contribution in [2.45, 2.75) is 58.3 Å². The van der Waals surface area contributed by atoms with Gasteiger partial charge < -0.3 is 10.2 Å². The maximum atomic E-state index is 12.2. The molecule has 1 atom stereocenters. The van der Waals surface area contributed by atoms with Gasteiger partial charge in [-0.2, -0.15) is 0 Å². The third-order valence-corrected chi connectivity index (χ3v) is 4.28. The standard InChI is InChI=1S/C15H27N5O4/c1-5-20(15(2,3)4)14(23)18-24-10-6-8-19(9-7-10)11-12(21)17-13(22)16-11/h10-11H,5-9H2,1-4H3,(H,18,23)(H2,16,17,21,22). The second-order valence-electron chi connectivity index (χ2n) is 7.04. The molecule has 2 heterocycles. The van der Waals surface area contributed by atoms with Crippen LogP contribution in [0.5, 0.6) is 0 Å². The summed E-state index contributed by atoms with van der Waals surface area (Å²) in [6.07, 6.45) is 0.622. The number of carbonyl (C=O) groups excluding carboxylic acids is 3. The van der Waals surface area contributed by atoms with Crippen LogP contribution in [0.3, 0.4) is 0 Å². The zero-order chi connectivity index (χ0) is 17.9. The first-order chi connectivity index (χ1) is 11.2. The van der Waals surface area contributed by atoms with Gasteiger partial charge in [-0.1, -0.05) is 0 Å². The number of hydroxylamine groups is 1. The number of nitrogens with one attached hydrogen (secondary N) is 3. The van der Waals surface area contributed by atoms with Crippen molar-refractivity contribution in [1.29, 1.82) is 0 Å². The molecule has 0 aromatic heterocycles. The highest BCUT2D eigenvalue weighted by atomic mass is 16.7. The Morgan fingerprint density at radius 1 is 1.33 bits per heavy atom. The molecule has 5 amide bonds. The van der Waals surface area contributed by atoms with Gasteiger partial charge in [0.15, 0.2) is 6.17 Å². The molecule has 0 aromatic carbocycles. The zero-order valence-corrected chi connectivity index (χ0v) is 14.7. The van der Waals surface area contributed by atoms with Crippen molar-refractivity contribution >= 4 is 18.0 Å². The molecule has 0 spiro atoms. The number of amides is 5. The molecule has 2 aliphatic rings. The van der Waals surface area contributed by atoms with Crippen LogP contribution in [0.1, 0.15) is 40.5 Å². The molecular formula is C15H27N5O4. The van der Waals surface area contributed by atoms with E-state index in [1.165, 1.54) is 0 Å². The van der Waals surface area contributed by atoms with E-state index in [2.05, 4.69) is 16.1 Å². The van der Waals surface area contributed by atoms with Crippen molar-refractivity contribution in [3.63, 3.8) is 0 Å². The molecule has 0 aromatic rings. The van der Waals surface area contributed by atoms with Crippen LogP contribution in [0.15, 0.2) is 0 Å². The Kier molecular flexibility index (Phi) is 5.66. The molecule has 2 fully saturated rings. The van der Waals surface area contributed by atoms with Crippen molar-refractivity contribution in [1.82, 2.24) is 25.9 Å². The lowest BCUT2D eigenvalue weighted by Gasteiger charge is -2.36. The quantitative estimate of drug-likeness (QED) is 0.507. The van der Waals surface area contributed by atoms with Crippen LogP contribution in [-0.4, -0.2) is 65.2 Å². The summed E-state index contributed by atoms with van der Waals surface area (Å²) in [6.45, 7) is 9.63. The molecule has 2 saturated heterocycles. The fraction of sp³-hybridized carbons (Fsp3) is 0.800. The number of piperidine rings is 1. The molecule has 24 heavy (non-hydrogen) atoms. The Hall–Kier alpha value is -1.87. The minimum absolute atomic E-state index is 0.107. The number of urea groups is 2. The molecule has 136 valence electrons. The minimum Gasteiger partial charge on any atom is -0.318 e. The summed E-state index contributed by atoms with van der Waals surface area (Å²) in [4.78, 5) is 44.1. The summed E-state index contributed by atoms with van der Waals surface area (Å²) >= 11 is 0. The Bertz CT molecular complexity index is 497. The largest absolute Gasteiger partial charge is 0.341 e. The molecule has 0 aliphatic carbocycles. The van der Waals surface area contributed by atoms with Crippen LogP contribution in [0.2, 0.25) is 0 Å². The molecule has 0 bridgehead atoms. The Morgan fingerprint density at radius 2 is 1.96 bits per heavy atom. The van der Waals surface area contributed by atoms with Gasteiger partial charge >= 0.3 is 12.1 Å². The van der Waals surface area contributed by atoms with Crippen LogP contribution < -0.4 is 16.1 Å². The van der Waals surface area contributed by atoms with Crippen LogP contribution >= 0.6 is 0 Å². The first kappa shape index (κ1) is 18.5. The van der Waals surface area contributed by atoms with E-state index in [0.717, 1.165) is 0 Å². The molecule has 0 saturated carbocycles. The van der Waals surface area contributed by atoms with Gasteiger partial charge in [-0.05, 0) is 40.5 Å². The second-order valence-corrected chi connectivity index (χ2v) is 7.04.